The standard InChI is InChI=1S/C15H21NO3/c1-4-11-8-7-9-12(5-2)15(11)16-13(17)10-14(18)19-6-3/h7-9H,4-6,10H2,1-3H3,(H,16,17). The van der Waals surface area contributed by atoms with Crippen molar-refractivity contribution in [3.8, 4) is 0 Å². The van der Waals surface area contributed by atoms with Crippen LogP contribution in [-0.2, 0) is 27.2 Å². The predicted molar refractivity (Wildman–Crippen MR) is 75.1 cm³/mol. The van der Waals surface area contributed by atoms with Crippen molar-refractivity contribution in [1.82, 2.24) is 0 Å². The molecule has 0 aliphatic heterocycles. The summed E-state index contributed by atoms with van der Waals surface area (Å²) in [4.78, 5) is 23.1. The second kappa shape index (κ2) is 7.56. The Balaban J connectivity index is 2.80. The van der Waals surface area contributed by atoms with Gasteiger partial charge in [-0.15, -0.1) is 0 Å². The molecule has 19 heavy (non-hydrogen) atoms. The van der Waals surface area contributed by atoms with E-state index in [-0.39, 0.29) is 18.9 Å². The predicted octanol–water partition coefficient (Wildman–Crippen LogP) is 2.70. The summed E-state index contributed by atoms with van der Waals surface area (Å²) < 4.78 is 4.76. The molecule has 0 atom stereocenters. The van der Waals surface area contributed by atoms with Crippen molar-refractivity contribution >= 4 is 17.6 Å². The average Bonchev–Trinajstić information content (AvgIpc) is 2.39. The van der Waals surface area contributed by atoms with E-state index in [4.69, 9.17) is 4.74 Å². The second-order valence-corrected chi connectivity index (χ2v) is 4.19. The van der Waals surface area contributed by atoms with Gasteiger partial charge in [0.05, 0.1) is 6.61 Å². The van der Waals surface area contributed by atoms with Gasteiger partial charge in [0.2, 0.25) is 5.91 Å². The first-order valence-corrected chi connectivity index (χ1v) is 6.68. The summed E-state index contributed by atoms with van der Waals surface area (Å²) in [5.74, 6) is -0.818. The minimum Gasteiger partial charge on any atom is -0.466 e. The highest BCUT2D eigenvalue weighted by molar-refractivity contribution is 6.02. The highest BCUT2D eigenvalue weighted by Crippen LogP contribution is 2.22. The van der Waals surface area contributed by atoms with Gasteiger partial charge in [0, 0.05) is 5.69 Å². The molecule has 0 saturated heterocycles. The minimum atomic E-state index is -0.493. The van der Waals surface area contributed by atoms with Gasteiger partial charge < -0.3 is 10.1 Å². The van der Waals surface area contributed by atoms with Crippen molar-refractivity contribution in [2.45, 2.75) is 40.0 Å². The maximum atomic E-state index is 11.8. The number of hydrogen-bond donors (Lipinski definition) is 1. The number of anilines is 1. The lowest BCUT2D eigenvalue weighted by Gasteiger charge is -2.14. The van der Waals surface area contributed by atoms with E-state index in [9.17, 15) is 9.59 Å². The minimum absolute atomic E-state index is 0.241. The Labute approximate surface area is 114 Å². The van der Waals surface area contributed by atoms with Crippen LogP contribution in [-0.4, -0.2) is 18.5 Å². The Bertz CT molecular complexity index is 432. The number of benzene rings is 1. The highest BCUT2D eigenvalue weighted by atomic mass is 16.5. The van der Waals surface area contributed by atoms with Gasteiger partial charge in [0.1, 0.15) is 6.42 Å². The molecule has 0 bridgehead atoms. The Morgan fingerprint density at radius 2 is 1.68 bits per heavy atom. The molecule has 0 aliphatic rings. The number of para-hydroxylation sites is 1. The molecule has 0 saturated carbocycles. The number of carbonyl (C=O) groups excluding carboxylic acids is 2. The molecule has 4 heteroatoms. The van der Waals surface area contributed by atoms with Crippen LogP contribution in [0.25, 0.3) is 0 Å². The third-order valence-electron chi connectivity index (χ3n) is 2.87. The molecule has 0 spiro atoms. The van der Waals surface area contributed by atoms with E-state index in [0.29, 0.717) is 0 Å². The summed E-state index contributed by atoms with van der Waals surface area (Å²) in [6.45, 7) is 6.08. The van der Waals surface area contributed by atoms with E-state index in [0.717, 1.165) is 29.7 Å². The number of aryl methyl sites for hydroxylation is 2. The molecule has 1 aromatic rings. The quantitative estimate of drug-likeness (QED) is 0.634. The molecule has 0 aliphatic carbocycles. The molecule has 1 amide bonds. The number of nitrogens with one attached hydrogen (secondary N) is 1. The monoisotopic (exact) mass is 263 g/mol. The SMILES string of the molecule is CCOC(=O)CC(=O)Nc1c(CC)cccc1CC. The lowest BCUT2D eigenvalue weighted by Crippen LogP contribution is -2.19. The van der Waals surface area contributed by atoms with Crippen molar-refractivity contribution in [3.63, 3.8) is 0 Å². The summed E-state index contributed by atoms with van der Waals surface area (Å²) >= 11 is 0. The molecule has 0 heterocycles. The Hall–Kier alpha value is -1.84. The van der Waals surface area contributed by atoms with Crippen molar-refractivity contribution in [2.24, 2.45) is 0 Å². The molecular formula is C15H21NO3. The average molecular weight is 263 g/mol. The largest absolute Gasteiger partial charge is 0.466 e. The van der Waals surface area contributed by atoms with Gasteiger partial charge >= 0.3 is 5.97 Å². The highest BCUT2D eigenvalue weighted by Gasteiger charge is 2.13. The van der Waals surface area contributed by atoms with Crippen LogP contribution < -0.4 is 5.32 Å². The maximum absolute atomic E-state index is 11.8. The Morgan fingerprint density at radius 1 is 1.11 bits per heavy atom. The van der Waals surface area contributed by atoms with E-state index >= 15 is 0 Å². The summed E-state index contributed by atoms with van der Waals surface area (Å²) in [6, 6.07) is 5.96. The Kier molecular flexibility index (Phi) is 6.06. The van der Waals surface area contributed by atoms with E-state index in [1.54, 1.807) is 6.92 Å². The van der Waals surface area contributed by atoms with Crippen LogP contribution in [0, 0.1) is 0 Å². The van der Waals surface area contributed by atoms with Crippen molar-refractivity contribution in [3.05, 3.63) is 29.3 Å². The summed E-state index contributed by atoms with van der Waals surface area (Å²) in [7, 11) is 0. The zero-order valence-electron chi connectivity index (χ0n) is 11.8. The lowest BCUT2D eigenvalue weighted by atomic mass is 10.0. The summed E-state index contributed by atoms with van der Waals surface area (Å²) in [6.07, 6.45) is 1.43. The molecule has 0 radical (unpaired) electrons. The zero-order chi connectivity index (χ0) is 14.3. The molecule has 4 nitrogen and oxygen atoms in total. The fraction of sp³-hybridized carbons (Fsp3) is 0.467. The van der Waals surface area contributed by atoms with Crippen molar-refractivity contribution in [2.75, 3.05) is 11.9 Å². The number of esters is 1. The lowest BCUT2D eigenvalue weighted by molar-refractivity contribution is -0.145. The third-order valence-corrected chi connectivity index (χ3v) is 2.87. The van der Waals surface area contributed by atoms with Crippen LogP contribution in [0.5, 0.6) is 0 Å². The molecule has 1 aromatic carbocycles. The first-order chi connectivity index (χ1) is 9.12. The van der Waals surface area contributed by atoms with Crippen molar-refractivity contribution in [1.29, 1.82) is 0 Å². The fourth-order valence-corrected chi connectivity index (χ4v) is 1.93. The van der Waals surface area contributed by atoms with E-state index < -0.39 is 5.97 Å². The molecule has 1 N–H and O–H groups in total. The van der Waals surface area contributed by atoms with E-state index in [1.165, 1.54) is 0 Å². The maximum Gasteiger partial charge on any atom is 0.315 e. The topological polar surface area (TPSA) is 55.4 Å². The fourth-order valence-electron chi connectivity index (χ4n) is 1.93. The van der Waals surface area contributed by atoms with Crippen LogP contribution in [0.15, 0.2) is 18.2 Å². The van der Waals surface area contributed by atoms with Crippen LogP contribution in [0.4, 0.5) is 5.69 Å². The van der Waals surface area contributed by atoms with Gasteiger partial charge in [-0.25, -0.2) is 0 Å². The van der Waals surface area contributed by atoms with Crippen molar-refractivity contribution < 1.29 is 14.3 Å². The number of ether oxygens (including phenoxy) is 1. The number of rotatable bonds is 6. The third kappa shape index (κ3) is 4.39. The first-order valence-electron chi connectivity index (χ1n) is 6.68. The second-order valence-electron chi connectivity index (χ2n) is 4.19. The van der Waals surface area contributed by atoms with Gasteiger partial charge in [0.25, 0.3) is 0 Å². The molecule has 0 aromatic heterocycles. The van der Waals surface area contributed by atoms with Crippen LogP contribution in [0.3, 0.4) is 0 Å². The van der Waals surface area contributed by atoms with Crippen LogP contribution in [0.2, 0.25) is 0 Å². The Morgan fingerprint density at radius 3 is 2.16 bits per heavy atom. The molecule has 0 unspecified atom stereocenters. The van der Waals surface area contributed by atoms with E-state index in [2.05, 4.69) is 5.32 Å². The summed E-state index contributed by atoms with van der Waals surface area (Å²) in [5, 5.41) is 2.83. The molecule has 104 valence electrons. The van der Waals surface area contributed by atoms with Gasteiger partial charge in [-0.3, -0.25) is 9.59 Å². The molecule has 1 rings (SSSR count). The number of hydrogen-bond acceptors (Lipinski definition) is 3. The number of carbonyl (C=O) groups is 2. The first kappa shape index (κ1) is 15.2. The zero-order valence-corrected chi connectivity index (χ0v) is 11.8. The molecule has 0 fully saturated rings. The van der Waals surface area contributed by atoms with Gasteiger partial charge in [0.15, 0.2) is 0 Å². The summed E-state index contributed by atoms with van der Waals surface area (Å²) in [5.41, 5.74) is 3.00. The number of amides is 1. The van der Waals surface area contributed by atoms with Crippen LogP contribution in [0.1, 0.15) is 38.3 Å². The van der Waals surface area contributed by atoms with Gasteiger partial charge in [-0.2, -0.15) is 0 Å². The van der Waals surface area contributed by atoms with Gasteiger partial charge in [-0.1, -0.05) is 32.0 Å². The van der Waals surface area contributed by atoms with E-state index in [1.807, 2.05) is 32.0 Å². The van der Waals surface area contributed by atoms with Crippen LogP contribution >= 0.6 is 0 Å². The smallest absolute Gasteiger partial charge is 0.315 e. The van der Waals surface area contributed by atoms with Gasteiger partial charge in [-0.05, 0) is 30.9 Å². The normalized spacial score (nSPS) is 10.1. The molecular weight excluding hydrogens is 242 g/mol.